The van der Waals surface area contributed by atoms with Gasteiger partial charge < -0.3 is 4.42 Å². The Morgan fingerprint density at radius 1 is 1.07 bits per heavy atom. The first-order valence-electron chi connectivity index (χ1n) is 8.88. The summed E-state index contributed by atoms with van der Waals surface area (Å²) in [5.41, 5.74) is -0.0714. The van der Waals surface area contributed by atoms with Crippen LogP contribution in [-0.2, 0) is 22.2 Å². The second kappa shape index (κ2) is 7.94. The molecule has 0 saturated carbocycles. The summed E-state index contributed by atoms with van der Waals surface area (Å²) in [4.78, 5) is 25.8. The van der Waals surface area contributed by atoms with Crippen molar-refractivity contribution >= 4 is 29.3 Å². The molecule has 0 spiro atoms. The average molecular weight is 433 g/mol. The van der Waals surface area contributed by atoms with Crippen molar-refractivity contribution in [1.29, 1.82) is 0 Å². The van der Waals surface area contributed by atoms with Crippen molar-refractivity contribution in [2.24, 2.45) is 0 Å². The van der Waals surface area contributed by atoms with E-state index in [1.807, 2.05) is 30.3 Å². The molecule has 154 valence electrons. The molecule has 1 fully saturated rings. The van der Waals surface area contributed by atoms with Crippen molar-refractivity contribution in [2.75, 3.05) is 4.90 Å². The van der Waals surface area contributed by atoms with Crippen molar-refractivity contribution < 1.29 is 27.2 Å². The van der Waals surface area contributed by atoms with E-state index in [0.717, 1.165) is 40.4 Å². The largest absolute Gasteiger partial charge is 0.416 e. The van der Waals surface area contributed by atoms with Gasteiger partial charge in [0.25, 0.3) is 5.22 Å². The van der Waals surface area contributed by atoms with Crippen LogP contribution in [0.2, 0.25) is 0 Å². The minimum Gasteiger partial charge on any atom is -0.416 e. The van der Waals surface area contributed by atoms with Gasteiger partial charge >= 0.3 is 6.18 Å². The average Bonchev–Trinajstić information content (AvgIpc) is 3.26. The summed E-state index contributed by atoms with van der Waals surface area (Å²) >= 11 is 0.928. The van der Waals surface area contributed by atoms with Crippen LogP contribution in [-0.4, -0.2) is 27.3 Å². The van der Waals surface area contributed by atoms with Gasteiger partial charge in [-0.1, -0.05) is 48.2 Å². The van der Waals surface area contributed by atoms with Crippen LogP contribution in [0, 0.1) is 0 Å². The first-order chi connectivity index (χ1) is 14.3. The summed E-state index contributed by atoms with van der Waals surface area (Å²) in [6.45, 7) is 0. The van der Waals surface area contributed by atoms with Crippen LogP contribution in [0.3, 0.4) is 0 Å². The summed E-state index contributed by atoms with van der Waals surface area (Å²) in [5.74, 6) is -0.844. The number of halogens is 3. The molecule has 3 aromatic rings. The SMILES string of the molecule is O=C1CC(Sc2nnc(Cc3ccccc3)o2)C(=O)N1c1cccc(C(F)(F)F)c1. The zero-order valence-electron chi connectivity index (χ0n) is 15.3. The highest BCUT2D eigenvalue weighted by Gasteiger charge is 2.42. The van der Waals surface area contributed by atoms with Crippen LogP contribution in [0.4, 0.5) is 18.9 Å². The maximum atomic E-state index is 13.0. The summed E-state index contributed by atoms with van der Waals surface area (Å²) in [6.07, 6.45) is -4.33. The fraction of sp³-hybridized carbons (Fsp3) is 0.200. The number of hydrogen-bond acceptors (Lipinski definition) is 6. The third-order valence-electron chi connectivity index (χ3n) is 4.43. The number of amides is 2. The van der Waals surface area contributed by atoms with Gasteiger partial charge in [0, 0.05) is 6.42 Å². The Bertz CT molecular complexity index is 1090. The van der Waals surface area contributed by atoms with Gasteiger partial charge in [0.05, 0.1) is 17.7 Å². The van der Waals surface area contributed by atoms with Crippen molar-refractivity contribution in [3.8, 4) is 0 Å². The third kappa shape index (κ3) is 4.23. The van der Waals surface area contributed by atoms with Crippen LogP contribution < -0.4 is 4.90 Å². The van der Waals surface area contributed by atoms with Gasteiger partial charge in [0.15, 0.2) is 0 Å². The van der Waals surface area contributed by atoms with E-state index in [1.54, 1.807) is 0 Å². The molecule has 2 heterocycles. The second-order valence-electron chi connectivity index (χ2n) is 6.55. The molecule has 4 rings (SSSR count). The fourth-order valence-corrected chi connectivity index (χ4v) is 3.95. The smallest absolute Gasteiger partial charge is 0.416 e. The number of thioether (sulfide) groups is 1. The molecule has 0 aliphatic carbocycles. The topological polar surface area (TPSA) is 76.3 Å². The standard InChI is InChI=1S/C20H14F3N3O3S/c21-20(22,23)13-7-4-8-14(10-13)26-17(27)11-15(18(26)28)30-19-25-24-16(29-19)9-12-5-2-1-3-6-12/h1-8,10,15H,9,11H2. The lowest BCUT2D eigenvalue weighted by atomic mass is 10.2. The lowest BCUT2D eigenvalue weighted by molar-refractivity contribution is -0.137. The molecule has 0 N–H and O–H groups in total. The number of anilines is 1. The molecule has 0 bridgehead atoms. The number of rotatable bonds is 5. The molecular weight excluding hydrogens is 419 g/mol. The molecule has 1 atom stereocenters. The van der Waals surface area contributed by atoms with E-state index in [4.69, 9.17) is 4.42 Å². The van der Waals surface area contributed by atoms with E-state index in [-0.39, 0.29) is 17.3 Å². The zero-order valence-corrected chi connectivity index (χ0v) is 16.1. The van der Waals surface area contributed by atoms with E-state index in [9.17, 15) is 22.8 Å². The van der Waals surface area contributed by atoms with Gasteiger partial charge in [-0.05, 0) is 23.8 Å². The third-order valence-corrected chi connectivity index (χ3v) is 5.45. The minimum absolute atomic E-state index is 0.113. The van der Waals surface area contributed by atoms with Gasteiger partial charge in [0.1, 0.15) is 5.25 Å². The Morgan fingerprint density at radius 2 is 1.83 bits per heavy atom. The predicted octanol–water partition coefficient (Wildman–Crippen LogP) is 4.10. The number of carbonyl (C=O) groups is 2. The normalized spacial score (nSPS) is 17.0. The molecule has 10 heteroatoms. The lowest BCUT2D eigenvalue weighted by Gasteiger charge is -2.16. The van der Waals surface area contributed by atoms with Crippen molar-refractivity contribution in [3.05, 3.63) is 71.6 Å². The van der Waals surface area contributed by atoms with Gasteiger partial charge in [-0.15, -0.1) is 10.2 Å². The Hall–Kier alpha value is -3.14. The van der Waals surface area contributed by atoms with Crippen LogP contribution in [0.25, 0.3) is 0 Å². The monoisotopic (exact) mass is 433 g/mol. The molecule has 0 radical (unpaired) electrons. The first-order valence-corrected chi connectivity index (χ1v) is 9.76. The number of hydrogen-bond donors (Lipinski definition) is 0. The van der Waals surface area contributed by atoms with Crippen molar-refractivity contribution in [3.63, 3.8) is 0 Å². The van der Waals surface area contributed by atoms with E-state index in [2.05, 4.69) is 10.2 Å². The fourth-order valence-electron chi connectivity index (χ4n) is 3.04. The highest BCUT2D eigenvalue weighted by atomic mass is 32.2. The molecular formula is C20H14F3N3O3S. The van der Waals surface area contributed by atoms with Crippen molar-refractivity contribution in [1.82, 2.24) is 10.2 Å². The maximum absolute atomic E-state index is 13.0. The minimum atomic E-state index is -4.57. The number of alkyl halides is 3. The number of carbonyl (C=O) groups excluding carboxylic acids is 2. The molecule has 1 aliphatic heterocycles. The van der Waals surface area contributed by atoms with Crippen LogP contribution >= 0.6 is 11.8 Å². The number of imide groups is 1. The maximum Gasteiger partial charge on any atom is 0.416 e. The number of nitrogens with zero attached hydrogens (tertiary/aromatic N) is 3. The Morgan fingerprint density at radius 3 is 2.57 bits per heavy atom. The molecule has 2 aromatic carbocycles. The quantitative estimate of drug-likeness (QED) is 0.564. The van der Waals surface area contributed by atoms with Crippen LogP contribution in [0.15, 0.2) is 64.2 Å². The molecule has 1 aliphatic rings. The zero-order chi connectivity index (χ0) is 21.3. The Kier molecular flexibility index (Phi) is 5.33. The lowest BCUT2D eigenvalue weighted by Crippen LogP contribution is -2.31. The molecule has 6 nitrogen and oxygen atoms in total. The van der Waals surface area contributed by atoms with Gasteiger partial charge in [-0.3, -0.25) is 9.59 Å². The second-order valence-corrected chi connectivity index (χ2v) is 7.70. The molecule has 1 aromatic heterocycles. The molecule has 2 amide bonds. The number of benzene rings is 2. The van der Waals surface area contributed by atoms with E-state index in [0.29, 0.717) is 12.3 Å². The van der Waals surface area contributed by atoms with Crippen LogP contribution in [0.5, 0.6) is 0 Å². The molecule has 1 unspecified atom stereocenters. The van der Waals surface area contributed by atoms with Gasteiger partial charge in [-0.2, -0.15) is 13.2 Å². The van der Waals surface area contributed by atoms with E-state index >= 15 is 0 Å². The van der Waals surface area contributed by atoms with Gasteiger partial charge in [0.2, 0.25) is 17.7 Å². The highest BCUT2D eigenvalue weighted by Crippen LogP contribution is 2.36. The summed E-state index contributed by atoms with van der Waals surface area (Å²) in [7, 11) is 0. The Balaban J connectivity index is 1.47. The molecule has 30 heavy (non-hydrogen) atoms. The van der Waals surface area contributed by atoms with E-state index in [1.165, 1.54) is 6.07 Å². The predicted molar refractivity (Wildman–Crippen MR) is 102 cm³/mol. The Labute approximate surface area is 173 Å². The van der Waals surface area contributed by atoms with Crippen molar-refractivity contribution in [2.45, 2.75) is 29.5 Å². The highest BCUT2D eigenvalue weighted by molar-refractivity contribution is 8.00. The van der Waals surface area contributed by atoms with Gasteiger partial charge in [-0.25, -0.2) is 4.90 Å². The summed E-state index contributed by atoms with van der Waals surface area (Å²) in [5, 5.41) is 7.11. The number of aromatic nitrogens is 2. The van der Waals surface area contributed by atoms with Crippen LogP contribution in [0.1, 0.15) is 23.4 Å². The first kappa shape index (κ1) is 20.1. The summed E-state index contributed by atoms with van der Waals surface area (Å²) < 4.78 is 44.4. The van der Waals surface area contributed by atoms with E-state index < -0.39 is 28.8 Å². The molecule has 1 saturated heterocycles. The summed E-state index contributed by atoms with van der Waals surface area (Å²) in [6, 6.07) is 13.6.